The van der Waals surface area contributed by atoms with Gasteiger partial charge in [0, 0.05) is 0 Å². The highest BCUT2D eigenvalue weighted by atomic mass is 13.8. The van der Waals surface area contributed by atoms with E-state index in [1.165, 1.54) is 0 Å². The fraction of sp³-hybridized carbons (Fsp3) is 0.381. The minimum atomic E-state index is 0.880. The van der Waals surface area contributed by atoms with Crippen molar-refractivity contribution in [2.75, 3.05) is 0 Å². The van der Waals surface area contributed by atoms with Crippen LogP contribution < -0.4 is 0 Å². The average Bonchev–Trinajstić information content (AvgIpc) is 2.50. The van der Waals surface area contributed by atoms with Crippen molar-refractivity contribution in [1.29, 1.82) is 0 Å². The van der Waals surface area contributed by atoms with E-state index in [2.05, 4.69) is 86.8 Å². The number of hydrogen-bond donors (Lipinski definition) is 0. The van der Waals surface area contributed by atoms with E-state index in [9.17, 15) is 0 Å². The lowest BCUT2D eigenvalue weighted by molar-refractivity contribution is 1.19. The van der Waals surface area contributed by atoms with Gasteiger partial charge >= 0.3 is 0 Å². The van der Waals surface area contributed by atoms with E-state index >= 15 is 0 Å². The van der Waals surface area contributed by atoms with Crippen molar-refractivity contribution in [2.45, 2.75) is 51.9 Å². The Hall–Kier alpha value is -1.56. The van der Waals surface area contributed by atoms with Crippen LogP contribution in [0.3, 0.4) is 0 Å². The predicted molar refractivity (Wildman–Crippen MR) is 98.2 cm³/mol. The van der Waals surface area contributed by atoms with Gasteiger partial charge in [-0.25, -0.2) is 0 Å². The minimum Gasteiger partial charge on any atom is -0.0885 e. The molecule has 0 heteroatoms. The molecule has 0 N–H and O–H groups in total. The van der Waals surface area contributed by atoms with Crippen LogP contribution in [0.5, 0.6) is 0 Å². The monoisotopic (exact) mass is 283 g/mol. The first kappa shape index (κ1) is 19.4. The fourth-order valence-electron chi connectivity index (χ4n) is 1.64. The zero-order valence-electron chi connectivity index (χ0n) is 13.6. The van der Waals surface area contributed by atoms with Crippen LogP contribution in [-0.2, 0) is 0 Å². The molecule has 0 fully saturated rings. The van der Waals surface area contributed by atoms with Gasteiger partial charge < -0.3 is 0 Å². The Morgan fingerprint density at radius 2 is 0.762 bits per heavy atom. The first-order chi connectivity index (χ1) is 10.4. The van der Waals surface area contributed by atoms with Crippen molar-refractivity contribution >= 4 is 0 Å². The summed E-state index contributed by atoms with van der Waals surface area (Å²) >= 11 is 0. The second-order valence-corrected chi connectivity index (χ2v) is 4.70. The van der Waals surface area contributed by atoms with Crippen LogP contribution in [0.2, 0.25) is 0 Å². The highest BCUT2D eigenvalue weighted by Crippen LogP contribution is 1.96. The van der Waals surface area contributed by atoms with Crippen molar-refractivity contribution in [3.63, 3.8) is 0 Å². The molecule has 0 spiro atoms. The third-order valence-electron chi connectivity index (χ3n) is 2.76. The van der Waals surface area contributed by atoms with E-state index < -0.39 is 0 Å². The quantitative estimate of drug-likeness (QED) is 0.341. The summed E-state index contributed by atoms with van der Waals surface area (Å²) in [7, 11) is 0. The number of rotatable bonds is 12. The first-order valence-electron chi connectivity index (χ1n) is 8.11. The summed E-state index contributed by atoms with van der Waals surface area (Å²) in [6, 6.07) is 0. The minimum absolute atomic E-state index is 0.880. The van der Waals surface area contributed by atoms with E-state index in [0.717, 1.165) is 44.9 Å². The summed E-state index contributed by atoms with van der Waals surface area (Å²) in [4.78, 5) is 0. The largest absolute Gasteiger partial charge is 0.0885 e. The van der Waals surface area contributed by atoms with Gasteiger partial charge in [0.1, 0.15) is 0 Å². The molecule has 21 heavy (non-hydrogen) atoms. The van der Waals surface area contributed by atoms with E-state index in [4.69, 9.17) is 0 Å². The molecule has 0 unspecified atom stereocenters. The Morgan fingerprint density at radius 3 is 1.05 bits per heavy atom. The molecule has 0 rings (SSSR count). The maximum atomic E-state index is 3.76. The van der Waals surface area contributed by atoms with Crippen LogP contribution in [0.4, 0.5) is 0 Å². The third-order valence-corrected chi connectivity index (χ3v) is 2.76. The molecule has 0 aromatic rings. The standard InChI is InChI=1S/C21H31/c1-3-5-7-9-11-13-15-17-19-21-20-18-16-14-12-10-8-6-4-2/h5-8,11-14,17-20H,1,3-4,9-10,15-16,21H2,2H3. The van der Waals surface area contributed by atoms with Gasteiger partial charge in [0.05, 0.1) is 0 Å². The van der Waals surface area contributed by atoms with E-state index in [0.29, 0.717) is 0 Å². The number of allylic oxidation sites excluding steroid dienone is 12. The van der Waals surface area contributed by atoms with Gasteiger partial charge in [0.2, 0.25) is 0 Å². The molecule has 0 saturated carbocycles. The number of hydrogen-bond acceptors (Lipinski definition) is 0. The Kier molecular flexibility index (Phi) is 17.1. The van der Waals surface area contributed by atoms with Crippen molar-refractivity contribution in [3.8, 4) is 0 Å². The smallest absolute Gasteiger partial charge is 0.0169 e. The molecule has 0 amide bonds. The molecular formula is C21H31. The second kappa shape index (κ2) is 18.4. The lowest BCUT2D eigenvalue weighted by Crippen LogP contribution is -1.64. The van der Waals surface area contributed by atoms with Gasteiger partial charge in [-0.1, -0.05) is 79.8 Å². The summed E-state index contributed by atoms with van der Waals surface area (Å²) in [5.41, 5.74) is 0. The van der Waals surface area contributed by atoms with E-state index in [1.807, 2.05) is 0 Å². The summed E-state index contributed by atoms with van der Waals surface area (Å²) < 4.78 is 0. The molecule has 0 aliphatic carbocycles. The van der Waals surface area contributed by atoms with Crippen LogP contribution in [0, 0.1) is 6.92 Å². The molecule has 0 aliphatic rings. The van der Waals surface area contributed by atoms with Crippen LogP contribution in [0.25, 0.3) is 0 Å². The molecule has 0 saturated heterocycles. The highest BCUT2D eigenvalue weighted by molar-refractivity contribution is 5.01. The zero-order valence-corrected chi connectivity index (χ0v) is 13.6. The van der Waals surface area contributed by atoms with Gasteiger partial charge in [-0.05, 0) is 51.9 Å². The second-order valence-electron chi connectivity index (χ2n) is 4.70. The highest BCUT2D eigenvalue weighted by Gasteiger charge is 1.75. The Balaban J connectivity index is 3.47. The topological polar surface area (TPSA) is 0 Å². The molecule has 1 radical (unpaired) electrons. The lowest BCUT2D eigenvalue weighted by atomic mass is 10.2. The first-order valence-corrected chi connectivity index (χ1v) is 8.11. The SMILES string of the molecule is [CH2]CC=CCC=CCC=CCC=CCC=CCC=CCC. The van der Waals surface area contributed by atoms with Gasteiger partial charge in [-0.2, -0.15) is 0 Å². The molecular weight excluding hydrogens is 252 g/mol. The van der Waals surface area contributed by atoms with Gasteiger partial charge in [-0.3, -0.25) is 0 Å². The van der Waals surface area contributed by atoms with Gasteiger partial charge in [0.25, 0.3) is 0 Å². The maximum Gasteiger partial charge on any atom is -0.0169 e. The van der Waals surface area contributed by atoms with Crippen LogP contribution in [0.1, 0.15) is 51.9 Å². The van der Waals surface area contributed by atoms with E-state index in [1.54, 1.807) is 0 Å². The van der Waals surface area contributed by atoms with Crippen LogP contribution in [-0.4, -0.2) is 0 Å². The molecule has 0 aliphatic heterocycles. The van der Waals surface area contributed by atoms with Crippen molar-refractivity contribution < 1.29 is 0 Å². The maximum absolute atomic E-state index is 3.76. The lowest BCUT2D eigenvalue weighted by Gasteiger charge is -1.85. The summed E-state index contributed by atoms with van der Waals surface area (Å²) in [6.07, 6.45) is 33.6. The molecule has 0 atom stereocenters. The molecule has 0 aromatic carbocycles. The van der Waals surface area contributed by atoms with Crippen molar-refractivity contribution in [2.24, 2.45) is 0 Å². The molecule has 0 bridgehead atoms. The van der Waals surface area contributed by atoms with Crippen LogP contribution >= 0.6 is 0 Å². The Bertz CT molecular complexity index is 325. The van der Waals surface area contributed by atoms with E-state index in [-0.39, 0.29) is 0 Å². The van der Waals surface area contributed by atoms with Crippen LogP contribution in [0.15, 0.2) is 72.9 Å². The molecule has 0 heterocycles. The summed E-state index contributed by atoms with van der Waals surface area (Å²) in [5, 5.41) is 0. The van der Waals surface area contributed by atoms with Crippen molar-refractivity contribution in [3.05, 3.63) is 79.8 Å². The van der Waals surface area contributed by atoms with Gasteiger partial charge in [-0.15, -0.1) is 0 Å². The average molecular weight is 283 g/mol. The third kappa shape index (κ3) is 18.4. The summed E-state index contributed by atoms with van der Waals surface area (Å²) in [6.45, 7) is 5.92. The molecule has 0 nitrogen and oxygen atoms in total. The zero-order chi connectivity index (χ0) is 15.4. The fourth-order valence-corrected chi connectivity index (χ4v) is 1.64. The molecule has 115 valence electrons. The normalized spacial score (nSPS) is 13.4. The summed E-state index contributed by atoms with van der Waals surface area (Å²) in [5.74, 6) is 0. The van der Waals surface area contributed by atoms with Gasteiger partial charge in [0.15, 0.2) is 0 Å². The Morgan fingerprint density at radius 1 is 0.476 bits per heavy atom. The predicted octanol–water partition coefficient (Wildman–Crippen LogP) is 6.91. The van der Waals surface area contributed by atoms with Crippen molar-refractivity contribution in [1.82, 2.24) is 0 Å². The molecule has 0 aromatic heterocycles. The Labute approximate surface area is 132 Å².